The Bertz CT molecular complexity index is 1210. The van der Waals surface area contributed by atoms with E-state index in [2.05, 4.69) is 9.62 Å². The Kier molecular flexibility index (Phi) is 5.55. The monoisotopic (exact) mass is 446 g/mol. The summed E-state index contributed by atoms with van der Waals surface area (Å²) in [6, 6.07) is 14.7. The standard InChI is InChI=1S/C21H19ClN2O5S/c22-16-2-1-3-17(11-16)23-30(27,28)19-6-4-14-8-9-24(12-15(14)10-19)13-18-5-7-20(29-18)21(25)26/h1-7,10-11,23H,8-9,12-13H2,(H,25,26). The van der Waals surface area contributed by atoms with Crippen LogP contribution in [-0.4, -0.2) is 30.9 Å². The zero-order chi connectivity index (χ0) is 21.3. The predicted molar refractivity (Wildman–Crippen MR) is 112 cm³/mol. The minimum Gasteiger partial charge on any atom is -0.475 e. The summed E-state index contributed by atoms with van der Waals surface area (Å²) in [6.07, 6.45) is 0.768. The third kappa shape index (κ3) is 4.51. The van der Waals surface area contributed by atoms with Crippen LogP contribution in [0, 0.1) is 0 Å². The highest BCUT2D eigenvalue weighted by atomic mass is 35.5. The molecule has 0 saturated carbocycles. The molecule has 0 unspecified atom stereocenters. The van der Waals surface area contributed by atoms with E-state index in [1.807, 2.05) is 6.07 Å². The Morgan fingerprint density at radius 3 is 2.70 bits per heavy atom. The van der Waals surface area contributed by atoms with Gasteiger partial charge in [0.2, 0.25) is 5.76 Å². The van der Waals surface area contributed by atoms with Crippen molar-refractivity contribution in [1.29, 1.82) is 0 Å². The number of carboxylic acids is 1. The summed E-state index contributed by atoms with van der Waals surface area (Å²) in [4.78, 5) is 13.2. The van der Waals surface area contributed by atoms with Gasteiger partial charge in [0, 0.05) is 18.1 Å². The third-order valence-electron chi connectivity index (χ3n) is 4.91. The van der Waals surface area contributed by atoms with E-state index in [0.29, 0.717) is 29.6 Å². The van der Waals surface area contributed by atoms with Crippen LogP contribution in [0.25, 0.3) is 0 Å². The van der Waals surface area contributed by atoms with Gasteiger partial charge in [0.1, 0.15) is 5.76 Å². The third-order valence-corrected chi connectivity index (χ3v) is 6.52. The summed E-state index contributed by atoms with van der Waals surface area (Å²) < 4.78 is 33.5. The fraction of sp³-hybridized carbons (Fsp3) is 0.190. The van der Waals surface area contributed by atoms with Crippen molar-refractivity contribution in [1.82, 2.24) is 4.90 Å². The molecule has 0 aliphatic carbocycles. The quantitative estimate of drug-likeness (QED) is 0.593. The molecule has 1 aliphatic heterocycles. The summed E-state index contributed by atoms with van der Waals surface area (Å²) >= 11 is 5.94. The van der Waals surface area contributed by atoms with E-state index < -0.39 is 16.0 Å². The van der Waals surface area contributed by atoms with E-state index in [1.165, 1.54) is 6.07 Å². The lowest BCUT2D eigenvalue weighted by Crippen LogP contribution is -2.30. The molecule has 0 bridgehead atoms. The summed E-state index contributed by atoms with van der Waals surface area (Å²) in [5.41, 5.74) is 2.41. The number of nitrogens with one attached hydrogen (secondary N) is 1. The Morgan fingerprint density at radius 2 is 1.97 bits per heavy atom. The number of anilines is 1. The lowest BCUT2D eigenvalue weighted by atomic mass is 10.00. The molecular weight excluding hydrogens is 428 g/mol. The van der Waals surface area contributed by atoms with Crippen molar-refractivity contribution in [3.05, 3.63) is 82.3 Å². The number of furan rings is 1. The second-order valence-electron chi connectivity index (χ2n) is 7.08. The maximum atomic E-state index is 12.8. The molecule has 2 heterocycles. The minimum absolute atomic E-state index is 0.0946. The first kappa shape index (κ1) is 20.5. The van der Waals surface area contributed by atoms with Crippen LogP contribution in [0.5, 0.6) is 0 Å². The molecule has 2 N–H and O–H groups in total. The van der Waals surface area contributed by atoms with Crippen molar-refractivity contribution >= 4 is 33.3 Å². The van der Waals surface area contributed by atoms with Crippen LogP contribution in [-0.2, 0) is 29.5 Å². The molecule has 30 heavy (non-hydrogen) atoms. The molecule has 0 amide bonds. The molecule has 3 aromatic rings. The van der Waals surface area contributed by atoms with E-state index in [1.54, 1.807) is 42.5 Å². The van der Waals surface area contributed by atoms with Crippen LogP contribution in [0.4, 0.5) is 5.69 Å². The zero-order valence-electron chi connectivity index (χ0n) is 15.8. The molecule has 9 heteroatoms. The number of carboxylic acid groups (broad SMARTS) is 1. The number of rotatable bonds is 6. The smallest absolute Gasteiger partial charge is 0.371 e. The summed E-state index contributed by atoms with van der Waals surface area (Å²) in [6.45, 7) is 1.76. The SMILES string of the molecule is O=C(O)c1ccc(CN2CCc3ccc(S(=O)(=O)Nc4cccc(Cl)c4)cc3C2)o1. The maximum Gasteiger partial charge on any atom is 0.371 e. The molecule has 1 aliphatic rings. The second kappa shape index (κ2) is 8.14. The summed E-state index contributed by atoms with van der Waals surface area (Å²) in [7, 11) is -3.76. The highest BCUT2D eigenvalue weighted by Crippen LogP contribution is 2.26. The number of hydrogen-bond donors (Lipinski definition) is 2. The van der Waals surface area contributed by atoms with Crippen molar-refractivity contribution in [2.45, 2.75) is 24.4 Å². The second-order valence-corrected chi connectivity index (χ2v) is 9.20. The molecule has 0 saturated heterocycles. The van der Waals surface area contributed by atoms with Crippen LogP contribution in [0.15, 0.2) is 63.9 Å². The van der Waals surface area contributed by atoms with Crippen molar-refractivity contribution in [2.75, 3.05) is 11.3 Å². The van der Waals surface area contributed by atoms with Crippen LogP contribution < -0.4 is 4.72 Å². The minimum atomic E-state index is -3.76. The normalized spacial score (nSPS) is 14.3. The van der Waals surface area contributed by atoms with Gasteiger partial charge in [-0.1, -0.05) is 23.7 Å². The molecule has 7 nitrogen and oxygen atoms in total. The van der Waals surface area contributed by atoms with Gasteiger partial charge in [-0.15, -0.1) is 0 Å². The van der Waals surface area contributed by atoms with E-state index >= 15 is 0 Å². The van der Waals surface area contributed by atoms with E-state index in [4.69, 9.17) is 21.1 Å². The van der Waals surface area contributed by atoms with Gasteiger partial charge in [-0.2, -0.15) is 0 Å². The maximum absolute atomic E-state index is 12.8. The zero-order valence-corrected chi connectivity index (χ0v) is 17.4. The van der Waals surface area contributed by atoms with Gasteiger partial charge in [-0.25, -0.2) is 13.2 Å². The van der Waals surface area contributed by atoms with Gasteiger partial charge in [-0.05, 0) is 60.0 Å². The van der Waals surface area contributed by atoms with Crippen molar-refractivity contribution in [3.63, 3.8) is 0 Å². The fourth-order valence-electron chi connectivity index (χ4n) is 3.46. The van der Waals surface area contributed by atoms with E-state index in [9.17, 15) is 13.2 Å². The molecule has 0 spiro atoms. The van der Waals surface area contributed by atoms with Crippen LogP contribution in [0.3, 0.4) is 0 Å². The lowest BCUT2D eigenvalue weighted by Gasteiger charge is -2.28. The number of aromatic carboxylic acids is 1. The number of sulfonamides is 1. The Morgan fingerprint density at radius 1 is 1.13 bits per heavy atom. The van der Waals surface area contributed by atoms with Crippen LogP contribution in [0.2, 0.25) is 5.02 Å². The molecular formula is C21H19ClN2O5S. The molecule has 0 fully saturated rings. The van der Waals surface area contributed by atoms with Crippen molar-refractivity contribution < 1.29 is 22.7 Å². The van der Waals surface area contributed by atoms with Crippen LogP contribution in [0.1, 0.15) is 27.4 Å². The van der Waals surface area contributed by atoms with Crippen molar-refractivity contribution in [2.24, 2.45) is 0 Å². The van der Waals surface area contributed by atoms with E-state index in [0.717, 1.165) is 24.1 Å². The number of benzene rings is 2. The molecule has 0 atom stereocenters. The van der Waals surface area contributed by atoms with Gasteiger partial charge < -0.3 is 9.52 Å². The number of nitrogens with zero attached hydrogens (tertiary/aromatic N) is 1. The predicted octanol–water partition coefficient (Wildman–Crippen LogP) is 3.99. The van der Waals surface area contributed by atoms with Gasteiger partial charge >= 0.3 is 5.97 Å². The first-order valence-electron chi connectivity index (χ1n) is 9.25. The number of hydrogen-bond acceptors (Lipinski definition) is 5. The summed E-state index contributed by atoms with van der Waals surface area (Å²) in [5, 5.41) is 9.43. The Balaban J connectivity index is 1.51. The Hall–Kier alpha value is -2.81. The largest absolute Gasteiger partial charge is 0.475 e. The highest BCUT2D eigenvalue weighted by Gasteiger charge is 2.22. The number of fused-ring (bicyclic) bond motifs is 1. The number of halogens is 1. The highest BCUT2D eigenvalue weighted by molar-refractivity contribution is 7.92. The molecule has 1 aromatic heterocycles. The Labute approximate surface area is 178 Å². The molecule has 156 valence electrons. The van der Waals surface area contributed by atoms with Gasteiger partial charge in [0.15, 0.2) is 0 Å². The van der Waals surface area contributed by atoms with Gasteiger partial charge in [0.05, 0.1) is 17.1 Å². The van der Waals surface area contributed by atoms with Crippen LogP contribution >= 0.6 is 11.6 Å². The number of carbonyl (C=O) groups is 1. The fourth-order valence-corrected chi connectivity index (χ4v) is 4.75. The topological polar surface area (TPSA) is 99.9 Å². The van der Waals surface area contributed by atoms with Crippen molar-refractivity contribution in [3.8, 4) is 0 Å². The summed E-state index contributed by atoms with van der Waals surface area (Å²) in [5.74, 6) is -0.641. The van der Waals surface area contributed by atoms with Gasteiger partial charge in [-0.3, -0.25) is 9.62 Å². The lowest BCUT2D eigenvalue weighted by molar-refractivity contribution is 0.0658. The van der Waals surface area contributed by atoms with Gasteiger partial charge in [0.25, 0.3) is 10.0 Å². The average molecular weight is 447 g/mol. The molecule has 4 rings (SSSR count). The van der Waals surface area contributed by atoms with E-state index in [-0.39, 0.29) is 10.7 Å². The molecule has 2 aromatic carbocycles. The first-order chi connectivity index (χ1) is 14.3. The average Bonchev–Trinajstić information content (AvgIpc) is 3.16. The first-order valence-corrected chi connectivity index (χ1v) is 11.1. The molecule has 0 radical (unpaired) electrons.